The number of benzene rings is 1. The van der Waals surface area contributed by atoms with Gasteiger partial charge in [-0.3, -0.25) is 4.79 Å². The van der Waals surface area contributed by atoms with E-state index in [-0.39, 0.29) is 18.9 Å². The third-order valence-corrected chi connectivity index (χ3v) is 5.16. The predicted molar refractivity (Wildman–Crippen MR) is 97.3 cm³/mol. The fraction of sp³-hybridized carbons (Fsp3) is 0.588. The molecule has 1 rings (SSSR count). The number of nitrogens with zero attached hydrogens (tertiary/aromatic N) is 1. The molecule has 0 aliphatic carbocycles. The smallest absolute Gasteiger partial charge is 0.221 e. The number of ether oxygens (including phenoxy) is 2. The first-order valence-corrected chi connectivity index (χ1v) is 9.79. The Labute approximate surface area is 150 Å². The molecule has 0 atom stereocenters. The van der Waals surface area contributed by atoms with Crippen molar-refractivity contribution in [3.05, 3.63) is 23.8 Å². The lowest BCUT2D eigenvalue weighted by Crippen LogP contribution is -2.46. The largest absolute Gasteiger partial charge is 0.493 e. The standard InChI is InChI=1S/C17H28N2O5S/c1-17(2,3)19(25(6,21)22)10-9-16(20)18-12-13-7-8-14(23-4)15(11-13)24-5/h7-8,11H,9-10,12H2,1-6H3,(H,18,20). The molecule has 0 radical (unpaired) electrons. The predicted octanol–water partition coefficient (Wildman–Crippen LogP) is 1.77. The van der Waals surface area contributed by atoms with E-state index in [9.17, 15) is 13.2 Å². The van der Waals surface area contributed by atoms with Crippen molar-refractivity contribution in [3.8, 4) is 11.5 Å². The van der Waals surface area contributed by atoms with E-state index in [2.05, 4.69) is 5.32 Å². The SMILES string of the molecule is COc1ccc(CNC(=O)CCN(C(C)(C)C)S(C)(=O)=O)cc1OC. The first kappa shape index (κ1) is 21.2. The zero-order valence-corrected chi connectivity index (χ0v) is 16.6. The lowest BCUT2D eigenvalue weighted by atomic mass is 10.1. The number of carbonyl (C=O) groups is 1. The van der Waals surface area contributed by atoms with Gasteiger partial charge in [0.25, 0.3) is 0 Å². The van der Waals surface area contributed by atoms with Crippen LogP contribution in [0.2, 0.25) is 0 Å². The third-order valence-electron chi connectivity index (χ3n) is 3.63. The number of carbonyl (C=O) groups excluding carboxylic acids is 1. The Hall–Kier alpha value is -1.80. The van der Waals surface area contributed by atoms with Crippen LogP contribution in [0.4, 0.5) is 0 Å². The zero-order chi connectivity index (χ0) is 19.3. The van der Waals surface area contributed by atoms with Crippen molar-refractivity contribution in [1.82, 2.24) is 9.62 Å². The van der Waals surface area contributed by atoms with E-state index >= 15 is 0 Å². The van der Waals surface area contributed by atoms with Gasteiger partial charge in [0.05, 0.1) is 20.5 Å². The van der Waals surface area contributed by atoms with Crippen molar-refractivity contribution in [2.45, 2.75) is 39.3 Å². The second kappa shape index (κ2) is 8.53. The van der Waals surface area contributed by atoms with Gasteiger partial charge in [-0.2, -0.15) is 4.31 Å². The second-order valence-electron chi connectivity index (χ2n) is 6.72. The number of hydrogen-bond acceptors (Lipinski definition) is 5. The van der Waals surface area contributed by atoms with Gasteiger partial charge in [-0.25, -0.2) is 8.42 Å². The van der Waals surface area contributed by atoms with Gasteiger partial charge in [-0.1, -0.05) is 6.07 Å². The molecule has 0 spiro atoms. The summed E-state index contributed by atoms with van der Waals surface area (Å²) in [6, 6.07) is 5.39. The van der Waals surface area contributed by atoms with E-state index in [4.69, 9.17) is 9.47 Å². The average Bonchev–Trinajstić information content (AvgIpc) is 2.50. The summed E-state index contributed by atoms with van der Waals surface area (Å²) in [7, 11) is -0.273. The number of methoxy groups -OCH3 is 2. The van der Waals surface area contributed by atoms with Crippen LogP contribution in [0.3, 0.4) is 0 Å². The van der Waals surface area contributed by atoms with Gasteiger partial charge in [0, 0.05) is 25.0 Å². The Morgan fingerprint density at radius 2 is 1.76 bits per heavy atom. The van der Waals surface area contributed by atoms with E-state index in [1.807, 2.05) is 6.07 Å². The molecule has 0 bridgehead atoms. The van der Waals surface area contributed by atoms with Crippen LogP contribution < -0.4 is 14.8 Å². The molecule has 1 aromatic rings. The molecule has 0 aliphatic rings. The summed E-state index contributed by atoms with van der Waals surface area (Å²) >= 11 is 0. The van der Waals surface area contributed by atoms with Crippen LogP contribution in [-0.4, -0.2) is 51.2 Å². The normalized spacial score (nSPS) is 12.1. The molecule has 0 saturated carbocycles. The molecule has 7 nitrogen and oxygen atoms in total. The summed E-state index contributed by atoms with van der Waals surface area (Å²) in [6.07, 6.45) is 1.25. The first-order valence-electron chi connectivity index (χ1n) is 7.94. The Bertz CT molecular complexity index is 695. The fourth-order valence-corrected chi connectivity index (χ4v) is 3.90. The number of nitrogens with one attached hydrogen (secondary N) is 1. The van der Waals surface area contributed by atoms with E-state index in [1.54, 1.807) is 47.1 Å². The van der Waals surface area contributed by atoms with Crippen molar-refractivity contribution in [2.75, 3.05) is 27.0 Å². The highest BCUT2D eigenvalue weighted by Crippen LogP contribution is 2.27. The maximum Gasteiger partial charge on any atom is 0.221 e. The summed E-state index contributed by atoms with van der Waals surface area (Å²) in [5, 5.41) is 2.79. The molecule has 0 aliphatic heterocycles. The van der Waals surface area contributed by atoms with Crippen molar-refractivity contribution in [2.24, 2.45) is 0 Å². The fourth-order valence-electron chi connectivity index (χ4n) is 2.48. The molecule has 0 aromatic heterocycles. The van der Waals surface area contributed by atoms with Crippen LogP contribution in [0.25, 0.3) is 0 Å². The topological polar surface area (TPSA) is 84.9 Å². The van der Waals surface area contributed by atoms with Gasteiger partial charge >= 0.3 is 0 Å². The molecule has 0 saturated heterocycles. The maximum absolute atomic E-state index is 12.1. The van der Waals surface area contributed by atoms with Crippen molar-refractivity contribution in [3.63, 3.8) is 0 Å². The number of hydrogen-bond donors (Lipinski definition) is 1. The highest BCUT2D eigenvalue weighted by Gasteiger charge is 2.29. The Morgan fingerprint density at radius 1 is 1.16 bits per heavy atom. The summed E-state index contributed by atoms with van der Waals surface area (Å²) in [5.74, 6) is 0.990. The summed E-state index contributed by atoms with van der Waals surface area (Å²) < 4.78 is 35.5. The van der Waals surface area contributed by atoms with Gasteiger partial charge in [-0.15, -0.1) is 0 Å². The number of rotatable bonds is 8. The second-order valence-corrected chi connectivity index (χ2v) is 8.63. The van der Waals surface area contributed by atoms with E-state index < -0.39 is 15.6 Å². The van der Waals surface area contributed by atoms with Crippen molar-refractivity contribution in [1.29, 1.82) is 0 Å². The molecule has 0 unspecified atom stereocenters. The van der Waals surface area contributed by atoms with Crippen LogP contribution in [-0.2, 0) is 21.4 Å². The van der Waals surface area contributed by atoms with E-state index in [0.29, 0.717) is 18.0 Å². The van der Waals surface area contributed by atoms with Gasteiger partial charge in [-0.05, 0) is 38.5 Å². The first-order chi connectivity index (χ1) is 11.5. The lowest BCUT2D eigenvalue weighted by Gasteiger charge is -2.33. The Kier molecular flexibility index (Phi) is 7.25. The molecule has 1 N–H and O–H groups in total. The summed E-state index contributed by atoms with van der Waals surface area (Å²) in [4.78, 5) is 12.1. The minimum Gasteiger partial charge on any atom is -0.493 e. The Morgan fingerprint density at radius 3 is 2.24 bits per heavy atom. The minimum absolute atomic E-state index is 0.0949. The van der Waals surface area contributed by atoms with Gasteiger partial charge in [0.1, 0.15) is 0 Å². The molecule has 8 heteroatoms. The Balaban J connectivity index is 2.63. The lowest BCUT2D eigenvalue weighted by molar-refractivity contribution is -0.121. The minimum atomic E-state index is -3.38. The van der Waals surface area contributed by atoms with E-state index in [1.165, 1.54) is 4.31 Å². The highest BCUT2D eigenvalue weighted by molar-refractivity contribution is 7.88. The third kappa shape index (κ3) is 6.55. The monoisotopic (exact) mass is 372 g/mol. The number of amides is 1. The van der Waals surface area contributed by atoms with Crippen LogP contribution in [0.15, 0.2) is 18.2 Å². The molecule has 25 heavy (non-hydrogen) atoms. The molecular weight excluding hydrogens is 344 g/mol. The van der Waals surface area contributed by atoms with Gasteiger partial charge in [0.15, 0.2) is 11.5 Å². The van der Waals surface area contributed by atoms with Crippen LogP contribution >= 0.6 is 0 Å². The molecule has 0 fully saturated rings. The molecule has 142 valence electrons. The van der Waals surface area contributed by atoms with Gasteiger partial charge in [0.2, 0.25) is 15.9 Å². The summed E-state index contributed by atoms with van der Waals surface area (Å²) in [6.45, 7) is 5.87. The average molecular weight is 372 g/mol. The molecular formula is C17H28N2O5S. The highest BCUT2D eigenvalue weighted by atomic mass is 32.2. The zero-order valence-electron chi connectivity index (χ0n) is 15.8. The molecule has 0 heterocycles. The molecule has 1 aromatic carbocycles. The van der Waals surface area contributed by atoms with E-state index in [0.717, 1.165) is 11.8 Å². The van der Waals surface area contributed by atoms with Crippen molar-refractivity contribution < 1.29 is 22.7 Å². The number of sulfonamides is 1. The van der Waals surface area contributed by atoms with Crippen molar-refractivity contribution >= 4 is 15.9 Å². The van der Waals surface area contributed by atoms with Crippen LogP contribution in [0.1, 0.15) is 32.8 Å². The maximum atomic E-state index is 12.1. The van der Waals surface area contributed by atoms with Gasteiger partial charge < -0.3 is 14.8 Å². The molecule has 1 amide bonds. The van der Waals surface area contributed by atoms with Crippen LogP contribution in [0.5, 0.6) is 11.5 Å². The quantitative estimate of drug-likeness (QED) is 0.752. The summed E-state index contributed by atoms with van der Waals surface area (Å²) in [5.41, 5.74) is 0.291. The van der Waals surface area contributed by atoms with Crippen LogP contribution in [0, 0.1) is 0 Å².